The van der Waals surface area contributed by atoms with Gasteiger partial charge in [-0.1, -0.05) is 49.9 Å². The summed E-state index contributed by atoms with van der Waals surface area (Å²) in [4.78, 5) is 6.86. The van der Waals surface area contributed by atoms with Gasteiger partial charge in [0.2, 0.25) is 0 Å². The number of aryl methyl sites for hydroxylation is 1. The first-order chi connectivity index (χ1) is 15.1. The van der Waals surface area contributed by atoms with Crippen LogP contribution < -0.4 is 21.3 Å². The lowest BCUT2D eigenvalue weighted by Gasteiger charge is -2.29. The smallest absolute Gasteiger partial charge is 0.198 e. The molecule has 0 radical (unpaired) electrons. The molecule has 0 bridgehead atoms. The molecule has 5 heteroatoms. The Bertz CT molecular complexity index is 964. The van der Waals surface area contributed by atoms with E-state index < -0.39 is 0 Å². The molecule has 4 N–H and O–H groups in total. The Morgan fingerprint density at radius 3 is 2.55 bits per heavy atom. The molecule has 3 rings (SSSR count). The number of nitrogens with two attached hydrogens (primary N) is 1. The van der Waals surface area contributed by atoms with E-state index in [1.165, 1.54) is 16.8 Å². The third-order valence-corrected chi connectivity index (χ3v) is 5.19. The number of nitrogens with zero attached hydrogens (tertiary/aromatic N) is 2. The number of nitrogens with one attached hydrogen (secondary N) is 2. The van der Waals surface area contributed by atoms with Crippen LogP contribution in [0.2, 0.25) is 0 Å². The van der Waals surface area contributed by atoms with Crippen LogP contribution in [-0.4, -0.2) is 32.1 Å². The van der Waals surface area contributed by atoms with Gasteiger partial charge in [0.15, 0.2) is 5.96 Å². The second-order valence-corrected chi connectivity index (χ2v) is 7.63. The molecule has 2 aromatic carbocycles. The van der Waals surface area contributed by atoms with E-state index in [2.05, 4.69) is 77.4 Å². The number of hydrogen-bond donors (Lipinski definition) is 3. The summed E-state index contributed by atoms with van der Waals surface area (Å²) >= 11 is 0. The fraction of sp³-hybridized carbons (Fsp3) is 0.269. The maximum absolute atomic E-state index is 6.14. The molecule has 5 nitrogen and oxygen atoms in total. The standard InChI is InChI=1S/C26H33N5/c1-4-5-9-22(25-10-7-6-8-20(25)2)19-21(3)29-26(27)30-23-11-13-24(14-12-23)31-17-15-28-16-18-31/h5-14,19,28H,3-4,15-18H2,1-2H3,(H3,27,29,30)/b9-5-,22-19+. The maximum Gasteiger partial charge on any atom is 0.198 e. The summed E-state index contributed by atoms with van der Waals surface area (Å²) in [6.07, 6.45) is 7.24. The molecule has 1 heterocycles. The summed E-state index contributed by atoms with van der Waals surface area (Å²) in [6, 6.07) is 16.5. The molecule has 0 spiro atoms. The van der Waals surface area contributed by atoms with Crippen molar-refractivity contribution in [2.24, 2.45) is 10.7 Å². The van der Waals surface area contributed by atoms with Crippen LogP contribution in [-0.2, 0) is 0 Å². The molecule has 0 atom stereocenters. The molecule has 0 amide bonds. The van der Waals surface area contributed by atoms with E-state index in [1.54, 1.807) is 0 Å². The minimum atomic E-state index is 0.319. The monoisotopic (exact) mass is 415 g/mol. The number of piperazine rings is 1. The molecule has 1 saturated heterocycles. The predicted molar refractivity (Wildman–Crippen MR) is 134 cm³/mol. The summed E-state index contributed by atoms with van der Waals surface area (Å²) < 4.78 is 0. The summed E-state index contributed by atoms with van der Waals surface area (Å²) in [6.45, 7) is 12.4. The summed E-state index contributed by atoms with van der Waals surface area (Å²) in [7, 11) is 0. The Morgan fingerprint density at radius 1 is 1.16 bits per heavy atom. The zero-order valence-electron chi connectivity index (χ0n) is 18.6. The van der Waals surface area contributed by atoms with E-state index in [-0.39, 0.29) is 0 Å². The number of guanidine groups is 1. The van der Waals surface area contributed by atoms with Crippen molar-refractivity contribution < 1.29 is 0 Å². The van der Waals surface area contributed by atoms with Crippen molar-refractivity contribution >= 4 is 22.9 Å². The third-order valence-electron chi connectivity index (χ3n) is 5.19. The molecule has 31 heavy (non-hydrogen) atoms. The van der Waals surface area contributed by atoms with Crippen LogP contribution in [0.15, 0.2) is 84.0 Å². The molecule has 1 fully saturated rings. The van der Waals surface area contributed by atoms with E-state index in [9.17, 15) is 0 Å². The zero-order chi connectivity index (χ0) is 22.1. The Balaban J connectivity index is 1.69. The molecule has 2 aromatic rings. The van der Waals surface area contributed by atoms with Gasteiger partial charge in [0.25, 0.3) is 0 Å². The lowest BCUT2D eigenvalue weighted by atomic mass is 9.99. The number of rotatable bonds is 7. The van der Waals surface area contributed by atoms with Gasteiger partial charge >= 0.3 is 0 Å². The third kappa shape index (κ3) is 6.59. The second-order valence-electron chi connectivity index (χ2n) is 7.63. The van der Waals surface area contributed by atoms with E-state index in [1.807, 2.05) is 30.3 Å². The van der Waals surface area contributed by atoms with Gasteiger partial charge in [-0.3, -0.25) is 0 Å². The average Bonchev–Trinajstić information content (AvgIpc) is 2.78. The van der Waals surface area contributed by atoms with Crippen molar-refractivity contribution in [3.8, 4) is 0 Å². The molecule has 162 valence electrons. The van der Waals surface area contributed by atoms with Crippen LogP contribution in [0.4, 0.5) is 11.4 Å². The molecule has 0 unspecified atom stereocenters. The highest BCUT2D eigenvalue weighted by Crippen LogP contribution is 2.22. The van der Waals surface area contributed by atoms with Crippen LogP contribution in [0.3, 0.4) is 0 Å². The number of benzene rings is 2. The Hall–Kier alpha value is -3.31. The van der Waals surface area contributed by atoms with Crippen molar-refractivity contribution in [1.82, 2.24) is 10.6 Å². The van der Waals surface area contributed by atoms with Crippen LogP contribution in [0.1, 0.15) is 24.5 Å². The predicted octanol–water partition coefficient (Wildman–Crippen LogP) is 4.50. The highest BCUT2D eigenvalue weighted by molar-refractivity contribution is 5.84. The van der Waals surface area contributed by atoms with Crippen LogP contribution in [0.25, 0.3) is 5.57 Å². The summed E-state index contributed by atoms with van der Waals surface area (Å²) in [5.74, 6) is 0.319. The molecule has 0 aliphatic carbocycles. The van der Waals surface area contributed by atoms with Crippen LogP contribution >= 0.6 is 0 Å². The molecule has 1 aliphatic rings. The average molecular weight is 416 g/mol. The SMILES string of the molecule is C=C(/C=C(\C=C/CC)c1ccccc1C)NC(N)=Nc1ccc(N2CCNCC2)cc1. The quantitative estimate of drug-likeness (QED) is 0.354. The van der Waals surface area contributed by atoms with E-state index in [0.717, 1.165) is 43.9 Å². The number of allylic oxidation sites excluding steroid dienone is 4. The second kappa shape index (κ2) is 11.2. The molecular weight excluding hydrogens is 382 g/mol. The van der Waals surface area contributed by atoms with Crippen LogP contribution in [0.5, 0.6) is 0 Å². The highest BCUT2D eigenvalue weighted by atomic mass is 15.2. The maximum atomic E-state index is 6.14. The zero-order valence-corrected chi connectivity index (χ0v) is 18.6. The topological polar surface area (TPSA) is 65.7 Å². The van der Waals surface area contributed by atoms with Gasteiger partial charge in [-0.25, -0.2) is 4.99 Å². The Morgan fingerprint density at radius 2 is 1.87 bits per heavy atom. The lowest BCUT2D eigenvalue weighted by Crippen LogP contribution is -2.43. The van der Waals surface area contributed by atoms with Crippen molar-refractivity contribution in [2.75, 3.05) is 31.1 Å². The Labute approximate surface area is 186 Å². The molecule has 1 aliphatic heterocycles. The number of hydrogen-bond acceptors (Lipinski definition) is 3. The largest absolute Gasteiger partial charge is 0.369 e. The van der Waals surface area contributed by atoms with Crippen molar-refractivity contribution in [1.29, 1.82) is 0 Å². The normalized spacial score (nSPS) is 15.4. The molecule has 0 saturated carbocycles. The highest BCUT2D eigenvalue weighted by Gasteiger charge is 2.10. The van der Waals surface area contributed by atoms with Gasteiger partial charge in [-0.05, 0) is 60.4 Å². The fourth-order valence-electron chi connectivity index (χ4n) is 3.57. The van der Waals surface area contributed by atoms with Gasteiger partial charge in [0, 0.05) is 37.6 Å². The lowest BCUT2D eigenvalue weighted by molar-refractivity contribution is 0.589. The summed E-state index contributed by atoms with van der Waals surface area (Å²) in [5.41, 5.74) is 12.3. The minimum absolute atomic E-state index is 0.319. The number of aliphatic imine (C=N–C) groups is 1. The van der Waals surface area contributed by atoms with Gasteiger partial charge in [-0.2, -0.15) is 0 Å². The van der Waals surface area contributed by atoms with Crippen molar-refractivity contribution in [3.05, 3.63) is 90.2 Å². The van der Waals surface area contributed by atoms with Gasteiger partial charge in [0.1, 0.15) is 0 Å². The van der Waals surface area contributed by atoms with Crippen molar-refractivity contribution in [3.63, 3.8) is 0 Å². The van der Waals surface area contributed by atoms with Gasteiger partial charge in [0.05, 0.1) is 5.69 Å². The van der Waals surface area contributed by atoms with E-state index in [0.29, 0.717) is 11.7 Å². The minimum Gasteiger partial charge on any atom is -0.369 e. The Kier molecular flexibility index (Phi) is 8.07. The van der Waals surface area contributed by atoms with Crippen LogP contribution in [0, 0.1) is 6.92 Å². The van der Waals surface area contributed by atoms with Gasteiger partial charge < -0.3 is 21.3 Å². The van der Waals surface area contributed by atoms with Crippen molar-refractivity contribution in [2.45, 2.75) is 20.3 Å². The molecule has 0 aromatic heterocycles. The fourth-order valence-corrected chi connectivity index (χ4v) is 3.57. The van der Waals surface area contributed by atoms with E-state index in [4.69, 9.17) is 5.73 Å². The first kappa shape index (κ1) is 22.4. The number of anilines is 1. The van der Waals surface area contributed by atoms with E-state index >= 15 is 0 Å². The molecular formula is C26H33N5. The van der Waals surface area contributed by atoms with Gasteiger partial charge in [-0.15, -0.1) is 0 Å². The summed E-state index contributed by atoms with van der Waals surface area (Å²) in [5, 5.41) is 6.48. The first-order valence-corrected chi connectivity index (χ1v) is 10.9. The first-order valence-electron chi connectivity index (χ1n) is 10.9.